The summed E-state index contributed by atoms with van der Waals surface area (Å²) in [7, 11) is 0. The lowest BCUT2D eigenvalue weighted by Crippen LogP contribution is -2.40. The zero-order valence-electron chi connectivity index (χ0n) is 12.9. The molecule has 4 nitrogen and oxygen atoms in total. The van der Waals surface area contributed by atoms with Crippen LogP contribution in [0.15, 0.2) is 60.7 Å². The first-order valence-corrected chi connectivity index (χ1v) is 7.59. The minimum Gasteiger partial charge on any atom is -0.295 e. The van der Waals surface area contributed by atoms with E-state index >= 15 is 0 Å². The van der Waals surface area contributed by atoms with Gasteiger partial charge in [-0.3, -0.25) is 14.4 Å². The molecule has 0 radical (unpaired) electrons. The molecule has 1 aliphatic rings. The first-order valence-electron chi connectivity index (χ1n) is 7.59. The van der Waals surface area contributed by atoms with Gasteiger partial charge in [-0.1, -0.05) is 24.3 Å². The van der Waals surface area contributed by atoms with Crippen molar-refractivity contribution in [1.29, 1.82) is 0 Å². The molecule has 0 spiro atoms. The van der Waals surface area contributed by atoms with E-state index in [9.17, 15) is 14.4 Å². The van der Waals surface area contributed by atoms with E-state index in [1.165, 1.54) is 11.8 Å². The number of hydrogen-bond acceptors (Lipinski definition) is 3. The maximum Gasteiger partial charge on any atom is 0.265 e. The van der Waals surface area contributed by atoms with Crippen molar-refractivity contribution >= 4 is 34.1 Å². The van der Waals surface area contributed by atoms with Crippen molar-refractivity contribution in [3.63, 3.8) is 0 Å². The molecule has 4 heteroatoms. The fourth-order valence-corrected chi connectivity index (χ4v) is 3.11. The lowest BCUT2D eigenvalue weighted by molar-refractivity contribution is 0.0893. The molecular weight excluding hydrogens is 302 g/mol. The van der Waals surface area contributed by atoms with E-state index in [-0.39, 0.29) is 17.6 Å². The highest BCUT2D eigenvalue weighted by Crippen LogP contribution is 2.32. The van der Waals surface area contributed by atoms with Crippen LogP contribution >= 0.6 is 0 Å². The van der Waals surface area contributed by atoms with Gasteiger partial charge < -0.3 is 0 Å². The van der Waals surface area contributed by atoms with E-state index in [1.807, 2.05) is 24.3 Å². The fourth-order valence-electron chi connectivity index (χ4n) is 3.11. The molecule has 0 aliphatic carbocycles. The maximum absolute atomic E-state index is 12.9. The maximum atomic E-state index is 12.9. The summed E-state index contributed by atoms with van der Waals surface area (Å²) in [6.07, 6.45) is 0. The lowest BCUT2D eigenvalue weighted by Gasteiger charge is -2.27. The van der Waals surface area contributed by atoms with Crippen LogP contribution in [0.1, 0.15) is 38.0 Å². The predicted molar refractivity (Wildman–Crippen MR) is 91.5 cm³/mol. The minimum absolute atomic E-state index is 0.0621. The van der Waals surface area contributed by atoms with Crippen LogP contribution in [0.4, 0.5) is 5.69 Å². The van der Waals surface area contributed by atoms with Crippen molar-refractivity contribution in [1.82, 2.24) is 0 Å². The van der Waals surface area contributed by atoms with Gasteiger partial charge in [0, 0.05) is 22.1 Å². The van der Waals surface area contributed by atoms with Crippen LogP contribution in [0.5, 0.6) is 0 Å². The summed E-state index contributed by atoms with van der Waals surface area (Å²) in [4.78, 5) is 38.3. The first kappa shape index (κ1) is 14.3. The Morgan fingerprint density at radius 1 is 0.792 bits per heavy atom. The van der Waals surface area contributed by atoms with E-state index < -0.39 is 0 Å². The molecule has 1 heterocycles. The number of anilines is 1. The number of hydrogen-bond donors (Lipinski definition) is 0. The third kappa shape index (κ3) is 1.97. The van der Waals surface area contributed by atoms with Crippen LogP contribution in [-0.2, 0) is 0 Å². The molecule has 2 amide bonds. The zero-order chi connectivity index (χ0) is 16.8. The highest BCUT2D eigenvalue weighted by atomic mass is 16.2. The van der Waals surface area contributed by atoms with Crippen LogP contribution in [0.3, 0.4) is 0 Å². The van der Waals surface area contributed by atoms with Crippen LogP contribution in [0.2, 0.25) is 0 Å². The number of carbonyl (C=O) groups is 3. The van der Waals surface area contributed by atoms with Gasteiger partial charge in [0.1, 0.15) is 0 Å². The highest BCUT2D eigenvalue weighted by Gasteiger charge is 2.33. The van der Waals surface area contributed by atoms with Gasteiger partial charge in [-0.25, -0.2) is 4.90 Å². The van der Waals surface area contributed by atoms with Gasteiger partial charge in [0.05, 0.1) is 5.69 Å². The summed E-state index contributed by atoms with van der Waals surface area (Å²) in [5, 5.41) is 1.57. The number of imide groups is 1. The quantitative estimate of drug-likeness (QED) is 0.533. The molecule has 0 unspecified atom stereocenters. The molecule has 1 aliphatic heterocycles. The monoisotopic (exact) mass is 315 g/mol. The molecule has 0 atom stereocenters. The van der Waals surface area contributed by atoms with Crippen LogP contribution in [0.25, 0.3) is 10.8 Å². The number of ketones is 1. The Bertz CT molecular complexity index is 968. The average molecular weight is 315 g/mol. The second-order valence-corrected chi connectivity index (χ2v) is 5.76. The number of benzene rings is 3. The van der Waals surface area contributed by atoms with Gasteiger partial charge in [0.2, 0.25) is 0 Å². The number of amides is 2. The summed E-state index contributed by atoms with van der Waals surface area (Å²) < 4.78 is 0. The summed E-state index contributed by atoms with van der Waals surface area (Å²) >= 11 is 0. The van der Waals surface area contributed by atoms with Gasteiger partial charge in [0.15, 0.2) is 5.78 Å². The van der Waals surface area contributed by atoms with E-state index in [2.05, 4.69) is 0 Å². The molecular formula is C20H13NO3. The van der Waals surface area contributed by atoms with E-state index in [1.54, 1.807) is 36.4 Å². The second-order valence-electron chi connectivity index (χ2n) is 5.76. The van der Waals surface area contributed by atoms with Gasteiger partial charge in [-0.2, -0.15) is 0 Å². The Morgan fingerprint density at radius 2 is 1.33 bits per heavy atom. The molecule has 4 rings (SSSR count). The molecule has 0 saturated heterocycles. The number of Topliss-reactive ketones (excluding diaryl/α,β-unsaturated/α-hetero) is 1. The van der Waals surface area contributed by atoms with Crippen molar-refractivity contribution in [2.45, 2.75) is 6.92 Å². The minimum atomic E-state index is -0.347. The SMILES string of the molecule is CC(=O)c1ccc(N2C(=O)c3cccc4cccc(c34)C2=O)cc1. The van der Waals surface area contributed by atoms with Gasteiger partial charge in [-0.15, -0.1) is 0 Å². The smallest absolute Gasteiger partial charge is 0.265 e. The standard InChI is InChI=1S/C20H13NO3/c1-12(22)13-8-10-15(11-9-13)21-19(23)16-6-2-4-14-5-3-7-17(18(14)16)20(21)24/h2-11H,1H3. The van der Waals surface area contributed by atoms with Crippen molar-refractivity contribution in [2.75, 3.05) is 4.90 Å². The summed E-state index contributed by atoms with van der Waals surface area (Å²) in [5.41, 5.74) is 2.02. The topological polar surface area (TPSA) is 54.5 Å². The largest absolute Gasteiger partial charge is 0.295 e. The summed E-state index contributed by atoms with van der Waals surface area (Å²) in [6.45, 7) is 1.48. The lowest BCUT2D eigenvalue weighted by atomic mass is 9.93. The third-order valence-corrected chi connectivity index (χ3v) is 4.30. The van der Waals surface area contributed by atoms with E-state index in [0.29, 0.717) is 27.8 Å². The van der Waals surface area contributed by atoms with Crippen molar-refractivity contribution < 1.29 is 14.4 Å². The van der Waals surface area contributed by atoms with Crippen molar-refractivity contribution in [3.8, 4) is 0 Å². The Balaban J connectivity index is 1.89. The summed E-state index contributed by atoms with van der Waals surface area (Å²) in [5.74, 6) is -0.757. The highest BCUT2D eigenvalue weighted by molar-refractivity contribution is 6.35. The van der Waals surface area contributed by atoms with Crippen LogP contribution in [-0.4, -0.2) is 17.6 Å². The second kappa shape index (κ2) is 5.13. The Kier molecular flexibility index (Phi) is 3.06. The van der Waals surface area contributed by atoms with Crippen molar-refractivity contribution in [2.24, 2.45) is 0 Å². The van der Waals surface area contributed by atoms with E-state index in [4.69, 9.17) is 0 Å². The molecule has 3 aromatic rings. The Labute approximate surface area is 138 Å². The molecule has 0 N–H and O–H groups in total. The number of rotatable bonds is 2. The molecule has 0 fully saturated rings. The van der Waals surface area contributed by atoms with Gasteiger partial charge in [-0.05, 0) is 48.7 Å². The van der Waals surface area contributed by atoms with Crippen molar-refractivity contribution in [3.05, 3.63) is 77.4 Å². The Hall–Kier alpha value is -3.27. The first-order chi connectivity index (χ1) is 11.6. The zero-order valence-corrected chi connectivity index (χ0v) is 12.9. The average Bonchev–Trinajstić information content (AvgIpc) is 2.60. The molecule has 24 heavy (non-hydrogen) atoms. The van der Waals surface area contributed by atoms with Gasteiger partial charge >= 0.3 is 0 Å². The van der Waals surface area contributed by atoms with E-state index in [0.717, 1.165) is 5.39 Å². The van der Waals surface area contributed by atoms with Gasteiger partial charge in [0.25, 0.3) is 11.8 Å². The fraction of sp³-hybridized carbons (Fsp3) is 0.0500. The number of carbonyl (C=O) groups excluding carboxylic acids is 3. The molecule has 0 aromatic heterocycles. The molecule has 0 saturated carbocycles. The molecule has 0 bridgehead atoms. The molecule has 3 aromatic carbocycles. The number of nitrogens with zero attached hydrogens (tertiary/aromatic N) is 1. The summed E-state index contributed by atoms with van der Waals surface area (Å²) in [6, 6.07) is 17.4. The molecule has 116 valence electrons. The predicted octanol–water partition coefficient (Wildman–Crippen LogP) is 3.84. The van der Waals surface area contributed by atoms with Crippen LogP contribution < -0.4 is 4.90 Å². The Morgan fingerprint density at radius 3 is 1.83 bits per heavy atom. The third-order valence-electron chi connectivity index (χ3n) is 4.30. The normalized spacial score (nSPS) is 13.5. The van der Waals surface area contributed by atoms with Crippen LogP contribution in [0, 0.1) is 0 Å².